The van der Waals surface area contributed by atoms with Crippen LogP contribution in [0.5, 0.6) is 0 Å². The van der Waals surface area contributed by atoms with Gasteiger partial charge < -0.3 is 10.3 Å². The second-order valence-electron chi connectivity index (χ2n) is 7.32. The number of carbonyl (C=O) groups excluding carboxylic acids is 1. The van der Waals surface area contributed by atoms with Crippen LogP contribution in [-0.2, 0) is 14.8 Å². The highest BCUT2D eigenvalue weighted by Crippen LogP contribution is 2.22. The van der Waals surface area contributed by atoms with Crippen molar-refractivity contribution in [3.63, 3.8) is 0 Å². The summed E-state index contributed by atoms with van der Waals surface area (Å²) in [6.45, 7) is 4.15. The van der Waals surface area contributed by atoms with Gasteiger partial charge in [0, 0.05) is 38.4 Å². The van der Waals surface area contributed by atoms with Gasteiger partial charge in [-0.2, -0.15) is 4.31 Å². The van der Waals surface area contributed by atoms with Crippen LogP contribution >= 0.6 is 11.3 Å². The number of hydrogen-bond donors (Lipinski definition) is 2. The van der Waals surface area contributed by atoms with E-state index in [1.165, 1.54) is 22.7 Å². The Morgan fingerprint density at radius 2 is 2.00 bits per heavy atom. The van der Waals surface area contributed by atoms with Crippen LogP contribution in [0, 0.1) is 6.92 Å². The van der Waals surface area contributed by atoms with E-state index in [9.17, 15) is 18.0 Å². The molecule has 0 unspecified atom stereocenters. The molecular weight excluding hydrogens is 400 g/mol. The van der Waals surface area contributed by atoms with E-state index in [1.54, 1.807) is 6.92 Å². The van der Waals surface area contributed by atoms with E-state index in [2.05, 4.69) is 16.4 Å². The predicted octanol–water partition coefficient (Wildman–Crippen LogP) is 1.06. The van der Waals surface area contributed by atoms with Crippen molar-refractivity contribution in [1.82, 2.24) is 19.5 Å². The Balaban J connectivity index is 1.43. The first-order chi connectivity index (χ1) is 13.4. The quantitative estimate of drug-likeness (QED) is 0.632. The van der Waals surface area contributed by atoms with Crippen LogP contribution in [0.4, 0.5) is 0 Å². The molecule has 1 amide bonds. The maximum absolute atomic E-state index is 12.7. The van der Waals surface area contributed by atoms with Crippen LogP contribution in [-0.4, -0.2) is 67.8 Å². The molecule has 28 heavy (non-hydrogen) atoms. The first-order valence-corrected chi connectivity index (χ1v) is 12.0. The van der Waals surface area contributed by atoms with Crippen molar-refractivity contribution >= 4 is 27.3 Å². The summed E-state index contributed by atoms with van der Waals surface area (Å²) in [6, 6.07) is 0. The Morgan fingerprint density at radius 3 is 2.61 bits per heavy atom. The number of thiazole rings is 1. The molecule has 1 fully saturated rings. The number of nitrogens with zero attached hydrogens (tertiary/aromatic N) is 2. The highest BCUT2D eigenvalue weighted by atomic mass is 32.2. The fourth-order valence-corrected chi connectivity index (χ4v) is 6.49. The van der Waals surface area contributed by atoms with Gasteiger partial charge in [-0.15, -0.1) is 0 Å². The summed E-state index contributed by atoms with van der Waals surface area (Å²) in [5.41, 5.74) is 1.82. The van der Waals surface area contributed by atoms with Crippen LogP contribution in [0.15, 0.2) is 20.7 Å². The minimum Gasteiger partial charge on any atom is -0.355 e. The topological polar surface area (TPSA) is 103 Å². The molecule has 2 N–H and O–H groups in total. The van der Waals surface area contributed by atoms with Gasteiger partial charge in [-0.1, -0.05) is 23.0 Å². The Morgan fingerprint density at radius 1 is 1.25 bits per heavy atom. The van der Waals surface area contributed by atoms with Gasteiger partial charge in [-0.05, 0) is 39.0 Å². The van der Waals surface area contributed by atoms with E-state index in [-0.39, 0.29) is 21.5 Å². The van der Waals surface area contributed by atoms with Gasteiger partial charge in [0.25, 0.3) is 10.0 Å². The van der Waals surface area contributed by atoms with Gasteiger partial charge in [0.1, 0.15) is 0 Å². The maximum atomic E-state index is 12.7. The zero-order chi connectivity index (χ0) is 20.1. The molecule has 1 aromatic heterocycles. The number of aromatic amines is 1. The van der Waals surface area contributed by atoms with Crippen molar-refractivity contribution in [2.75, 3.05) is 39.3 Å². The summed E-state index contributed by atoms with van der Waals surface area (Å²) in [6.07, 6.45) is 8.00. The molecule has 8 nitrogen and oxygen atoms in total. The number of H-pyrrole nitrogens is 1. The Hall–Kier alpha value is -1.49. The first-order valence-electron chi connectivity index (χ1n) is 9.73. The lowest BCUT2D eigenvalue weighted by molar-refractivity contribution is -0.122. The largest absolute Gasteiger partial charge is 0.355 e. The fraction of sp³-hybridized carbons (Fsp3) is 0.667. The number of piperazine rings is 1. The number of carbonyl (C=O) groups is 1. The monoisotopic (exact) mass is 428 g/mol. The van der Waals surface area contributed by atoms with Crippen molar-refractivity contribution in [2.45, 2.75) is 43.2 Å². The minimum absolute atomic E-state index is 0.0209. The number of nitrogens with one attached hydrogen (secondary N) is 2. The Kier molecular flexibility index (Phi) is 7.08. The third-order valence-corrected chi connectivity index (χ3v) is 8.69. The van der Waals surface area contributed by atoms with E-state index < -0.39 is 10.0 Å². The minimum atomic E-state index is -3.66. The Bertz CT molecular complexity index is 880. The molecule has 1 aliphatic heterocycles. The van der Waals surface area contributed by atoms with Crippen LogP contribution in [0.25, 0.3) is 0 Å². The lowest BCUT2D eigenvalue weighted by Crippen LogP contribution is -2.51. The van der Waals surface area contributed by atoms with Crippen molar-refractivity contribution in [2.24, 2.45) is 0 Å². The molecule has 156 valence electrons. The van der Waals surface area contributed by atoms with E-state index in [0.29, 0.717) is 38.4 Å². The molecule has 0 radical (unpaired) electrons. The molecular formula is C18H28N4O4S2. The molecule has 1 saturated heterocycles. The average molecular weight is 429 g/mol. The van der Waals surface area contributed by atoms with Crippen molar-refractivity contribution < 1.29 is 13.2 Å². The second kappa shape index (κ2) is 9.34. The van der Waals surface area contributed by atoms with Gasteiger partial charge in [-0.25, -0.2) is 8.42 Å². The summed E-state index contributed by atoms with van der Waals surface area (Å²) in [7, 11) is -3.66. The van der Waals surface area contributed by atoms with E-state index in [4.69, 9.17) is 0 Å². The van der Waals surface area contributed by atoms with Crippen molar-refractivity contribution in [1.29, 1.82) is 0 Å². The molecule has 10 heteroatoms. The summed E-state index contributed by atoms with van der Waals surface area (Å²) in [4.78, 5) is 27.7. The van der Waals surface area contributed by atoms with Gasteiger partial charge in [0.2, 0.25) is 5.91 Å². The van der Waals surface area contributed by atoms with Crippen LogP contribution < -0.4 is 10.2 Å². The number of hydrogen-bond acceptors (Lipinski definition) is 6. The second-order valence-corrected chi connectivity index (χ2v) is 10.4. The number of allylic oxidation sites excluding steroid dienone is 1. The summed E-state index contributed by atoms with van der Waals surface area (Å²) >= 11 is 0.724. The fourth-order valence-electron chi connectivity index (χ4n) is 3.63. The third-order valence-electron chi connectivity index (χ3n) is 5.21. The highest BCUT2D eigenvalue weighted by molar-refractivity contribution is 7.91. The average Bonchev–Trinajstić information content (AvgIpc) is 3.02. The first kappa shape index (κ1) is 21.2. The van der Waals surface area contributed by atoms with E-state index >= 15 is 0 Å². The molecule has 1 aliphatic carbocycles. The summed E-state index contributed by atoms with van der Waals surface area (Å²) in [5.74, 6) is -0.0209. The Labute approximate surface area is 169 Å². The lowest BCUT2D eigenvalue weighted by atomic mass is 9.97. The van der Waals surface area contributed by atoms with Gasteiger partial charge >= 0.3 is 4.87 Å². The smallest absolute Gasteiger partial charge is 0.305 e. The molecule has 1 aromatic rings. The van der Waals surface area contributed by atoms with Gasteiger partial charge in [-0.3, -0.25) is 14.5 Å². The summed E-state index contributed by atoms with van der Waals surface area (Å²) in [5, 5.41) is 2.96. The van der Waals surface area contributed by atoms with Crippen LogP contribution in [0.2, 0.25) is 0 Å². The van der Waals surface area contributed by atoms with Gasteiger partial charge in [0.15, 0.2) is 4.21 Å². The zero-order valence-electron chi connectivity index (χ0n) is 16.2. The number of sulfonamides is 1. The SMILES string of the molecule is Cc1[nH]c(=O)sc1S(=O)(=O)N1CCN(CC(=O)NCCC2=CCCCC2)CC1. The normalized spacial score (nSPS) is 19.4. The third kappa shape index (κ3) is 5.31. The molecule has 3 rings (SSSR count). The maximum Gasteiger partial charge on any atom is 0.305 e. The molecule has 0 atom stereocenters. The van der Waals surface area contributed by atoms with Gasteiger partial charge in [0.05, 0.1) is 6.54 Å². The van der Waals surface area contributed by atoms with Crippen LogP contribution in [0.3, 0.4) is 0 Å². The standard InChI is InChI=1S/C18H28N4O4S2/c1-14-17(27-18(24)20-14)28(25,26)22-11-9-21(10-12-22)13-16(23)19-8-7-15-5-3-2-4-6-15/h5H,2-4,6-13H2,1H3,(H,19,23)(H,20,24). The molecule has 0 spiro atoms. The van der Waals surface area contributed by atoms with Crippen molar-refractivity contribution in [3.8, 4) is 0 Å². The lowest BCUT2D eigenvalue weighted by Gasteiger charge is -2.33. The zero-order valence-corrected chi connectivity index (χ0v) is 17.8. The number of aryl methyl sites for hydroxylation is 1. The number of amides is 1. The molecule has 0 bridgehead atoms. The molecule has 0 aromatic carbocycles. The molecule has 0 saturated carbocycles. The predicted molar refractivity (Wildman–Crippen MR) is 109 cm³/mol. The number of aromatic nitrogens is 1. The number of rotatable bonds is 7. The van der Waals surface area contributed by atoms with E-state index in [0.717, 1.165) is 30.6 Å². The molecule has 2 heterocycles. The summed E-state index contributed by atoms with van der Waals surface area (Å²) < 4.78 is 26.9. The van der Waals surface area contributed by atoms with Crippen LogP contribution in [0.1, 0.15) is 37.8 Å². The molecule has 2 aliphatic rings. The highest BCUT2D eigenvalue weighted by Gasteiger charge is 2.31. The van der Waals surface area contributed by atoms with E-state index in [1.807, 2.05) is 4.90 Å². The van der Waals surface area contributed by atoms with Crippen molar-refractivity contribution in [3.05, 3.63) is 27.0 Å².